The van der Waals surface area contributed by atoms with Crippen molar-refractivity contribution in [1.82, 2.24) is 5.32 Å². The SMILES string of the molecule is CCCC(C)NCC(C)OCc1ccccc1F. The van der Waals surface area contributed by atoms with Crippen molar-refractivity contribution in [2.24, 2.45) is 0 Å². The highest BCUT2D eigenvalue weighted by Gasteiger charge is 2.07. The minimum absolute atomic E-state index is 0.0870. The van der Waals surface area contributed by atoms with Crippen LogP contribution in [0.1, 0.15) is 39.2 Å². The van der Waals surface area contributed by atoms with Crippen molar-refractivity contribution in [1.29, 1.82) is 0 Å². The molecular formula is C15H24FNO. The predicted octanol–water partition coefficient (Wildman–Crippen LogP) is 3.51. The number of hydrogen-bond acceptors (Lipinski definition) is 2. The van der Waals surface area contributed by atoms with Crippen LogP contribution < -0.4 is 5.32 Å². The summed E-state index contributed by atoms with van der Waals surface area (Å²) in [6.07, 6.45) is 2.43. The van der Waals surface area contributed by atoms with E-state index in [-0.39, 0.29) is 11.9 Å². The molecule has 0 aliphatic rings. The monoisotopic (exact) mass is 253 g/mol. The van der Waals surface area contributed by atoms with Gasteiger partial charge in [-0.15, -0.1) is 0 Å². The van der Waals surface area contributed by atoms with Gasteiger partial charge in [-0.1, -0.05) is 31.5 Å². The molecular weight excluding hydrogens is 229 g/mol. The third kappa shape index (κ3) is 5.61. The van der Waals surface area contributed by atoms with E-state index in [0.717, 1.165) is 6.54 Å². The standard InChI is InChI=1S/C15H24FNO/c1-4-7-12(2)17-10-13(3)18-11-14-8-5-6-9-15(14)16/h5-6,8-9,12-13,17H,4,7,10-11H2,1-3H3. The minimum atomic E-state index is -0.197. The Balaban J connectivity index is 2.25. The lowest BCUT2D eigenvalue weighted by Crippen LogP contribution is -2.33. The number of nitrogens with one attached hydrogen (secondary N) is 1. The zero-order valence-corrected chi connectivity index (χ0v) is 11.6. The third-order valence-electron chi connectivity index (χ3n) is 2.96. The lowest BCUT2D eigenvalue weighted by molar-refractivity contribution is 0.0499. The molecule has 0 amide bonds. The van der Waals surface area contributed by atoms with Crippen LogP contribution in [-0.4, -0.2) is 18.7 Å². The Morgan fingerprint density at radius 1 is 1.28 bits per heavy atom. The predicted molar refractivity (Wildman–Crippen MR) is 73.0 cm³/mol. The molecule has 3 heteroatoms. The highest BCUT2D eigenvalue weighted by molar-refractivity contribution is 5.16. The molecule has 0 bridgehead atoms. The van der Waals surface area contributed by atoms with E-state index in [0.29, 0.717) is 18.2 Å². The van der Waals surface area contributed by atoms with Crippen molar-refractivity contribution in [3.8, 4) is 0 Å². The molecule has 1 N–H and O–H groups in total. The largest absolute Gasteiger partial charge is 0.372 e. The van der Waals surface area contributed by atoms with Crippen LogP contribution in [0.25, 0.3) is 0 Å². The fraction of sp³-hybridized carbons (Fsp3) is 0.600. The maximum atomic E-state index is 13.4. The van der Waals surface area contributed by atoms with Crippen molar-refractivity contribution < 1.29 is 9.13 Å². The lowest BCUT2D eigenvalue weighted by Gasteiger charge is -2.18. The number of ether oxygens (including phenoxy) is 1. The van der Waals surface area contributed by atoms with Crippen molar-refractivity contribution in [3.05, 3.63) is 35.6 Å². The first kappa shape index (κ1) is 15.1. The van der Waals surface area contributed by atoms with Crippen LogP contribution in [0.5, 0.6) is 0 Å². The van der Waals surface area contributed by atoms with E-state index in [1.165, 1.54) is 18.9 Å². The molecule has 0 saturated heterocycles. The van der Waals surface area contributed by atoms with Crippen molar-refractivity contribution in [2.45, 2.75) is 52.4 Å². The zero-order chi connectivity index (χ0) is 13.4. The van der Waals surface area contributed by atoms with E-state index in [4.69, 9.17) is 4.74 Å². The molecule has 1 rings (SSSR count). The topological polar surface area (TPSA) is 21.3 Å². The molecule has 0 aliphatic heterocycles. The summed E-state index contributed by atoms with van der Waals surface area (Å²) in [5, 5.41) is 3.42. The van der Waals surface area contributed by atoms with Gasteiger partial charge in [0.1, 0.15) is 5.82 Å². The highest BCUT2D eigenvalue weighted by atomic mass is 19.1. The van der Waals surface area contributed by atoms with Gasteiger partial charge >= 0.3 is 0 Å². The van der Waals surface area contributed by atoms with E-state index in [2.05, 4.69) is 19.2 Å². The Kier molecular flexibility index (Phi) is 6.91. The van der Waals surface area contributed by atoms with Crippen LogP contribution in [-0.2, 0) is 11.3 Å². The van der Waals surface area contributed by atoms with Gasteiger partial charge < -0.3 is 10.1 Å². The minimum Gasteiger partial charge on any atom is -0.372 e. The van der Waals surface area contributed by atoms with Crippen molar-refractivity contribution in [3.63, 3.8) is 0 Å². The summed E-state index contributed by atoms with van der Waals surface area (Å²) >= 11 is 0. The lowest BCUT2D eigenvalue weighted by atomic mass is 10.2. The summed E-state index contributed by atoms with van der Waals surface area (Å²) in [5.41, 5.74) is 0.617. The molecule has 2 unspecified atom stereocenters. The third-order valence-corrected chi connectivity index (χ3v) is 2.96. The fourth-order valence-corrected chi connectivity index (χ4v) is 1.81. The molecule has 102 valence electrons. The van der Waals surface area contributed by atoms with Crippen molar-refractivity contribution >= 4 is 0 Å². The first-order chi connectivity index (χ1) is 8.63. The molecule has 0 fully saturated rings. The van der Waals surface area contributed by atoms with E-state index in [1.54, 1.807) is 12.1 Å². The summed E-state index contributed by atoms with van der Waals surface area (Å²) in [7, 11) is 0. The Morgan fingerprint density at radius 2 is 2.00 bits per heavy atom. The van der Waals surface area contributed by atoms with Gasteiger partial charge in [0.05, 0.1) is 12.7 Å². The Morgan fingerprint density at radius 3 is 2.67 bits per heavy atom. The number of halogens is 1. The molecule has 0 saturated carbocycles. The van der Waals surface area contributed by atoms with Crippen LogP contribution in [0.4, 0.5) is 4.39 Å². The quantitative estimate of drug-likeness (QED) is 0.765. The van der Waals surface area contributed by atoms with Crippen LogP contribution >= 0.6 is 0 Å². The molecule has 1 aromatic rings. The van der Waals surface area contributed by atoms with Gasteiger partial charge in [0.25, 0.3) is 0 Å². The second kappa shape index (κ2) is 8.22. The molecule has 0 aromatic heterocycles. The van der Waals surface area contributed by atoms with Gasteiger partial charge in [-0.2, -0.15) is 0 Å². The summed E-state index contributed by atoms with van der Waals surface area (Å²) < 4.78 is 19.0. The molecule has 2 nitrogen and oxygen atoms in total. The van der Waals surface area contributed by atoms with E-state index in [9.17, 15) is 4.39 Å². The fourth-order valence-electron chi connectivity index (χ4n) is 1.81. The molecule has 2 atom stereocenters. The normalized spacial score (nSPS) is 14.4. The number of rotatable bonds is 8. The van der Waals surface area contributed by atoms with Gasteiger partial charge in [0, 0.05) is 18.2 Å². The number of hydrogen-bond donors (Lipinski definition) is 1. The summed E-state index contributed by atoms with van der Waals surface area (Å²) in [4.78, 5) is 0. The van der Waals surface area contributed by atoms with E-state index < -0.39 is 0 Å². The second-order valence-electron chi connectivity index (χ2n) is 4.81. The smallest absolute Gasteiger partial charge is 0.128 e. The molecule has 0 radical (unpaired) electrons. The van der Waals surface area contributed by atoms with Crippen LogP contribution in [0.3, 0.4) is 0 Å². The maximum absolute atomic E-state index is 13.4. The van der Waals surface area contributed by atoms with E-state index >= 15 is 0 Å². The van der Waals surface area contributed by atoms with Gasteiger partial charge in [-0.05, 0) is 26.3 Å². The van der Waals surface area contributed by atoms with Gasteiger partial charge in [0.2, 0.25) is 0 Å². The Bertz CT molecular complexity index is 343. The average molecular weight is 253 g/mol. The average Bonchev–Trinajstić information content (AvgIpc) is 2.36. The Labute approximate surface area is 110 Å². The van der Waals surface area contributed by atoms with Crippen LogP contribution in [0, 0.1) is 5.82 Å². The first-order valence-corrected chi connectivity index (χ1v) is 6.71. The summed E-state index contributed by atoms with van der Waals surface area (Å²) in [5.74, 6) is -0.197. The molecule has 0 heterocycles. The second-order valence-corrected chi connectivity index (χ2v) is 4.81. The Hall–Kier alpha value is -0.930. The van der Waals surface area contributed by atoms with Gasteiger partial charge in [0.15, 0.2) is 0 Å². The molecule has 1 aromatic carbocycles. The first-order valence-electron chi connectivity index (χ1n) is 6.71. The molecule has 0 aliphatic carbocycles. The van der Waals surface area contributed by atoms with Gasteiger partial charge in [-0.3, -0.25) is 0 Å². The summed E-state index contributed by atoms with van der Waals surface area (Å²) in [6.45, 7) is 7.49. The maximum Gasteiger partial charge on any atom is 0.128 e. The van der Waals surface area contributed by atoms with E-state index in [1.807, 2.05) is 13.0 Å². The van der Waals surface area contributed by atoms with Crippen molar-refractivity contribution in [2.75, 3.05) is 6.54 Å². The summed E-state index contributed by atoms with van der Waals surface area (Å²) in [6, 6.07) is 7.25. The highest BCUT2D eigenvalue weighted by Crippen LogP contribution is 2.08. The van der Waals surface area contributed by atoms with Gasteiger partial charge in [-0.25, -0.2) is 4.39 Å². The van der Waals surface area contributed by atoms with Crippen LogP contribution in [0.2, 0.25) is 0 Å². The number of benzene rings is 1. The molecule has 18 heavy (non-hydrogen) atoms. The van der Waals surface area contributed by atoms with Crippen LogP contribution in [0.15, 0.2) is 24.3 Å². The molecule has 0 spiro atoms. The zero-order valence-electron chi connectivity index (χ0n) is 11.6.